The van der Waals surface area contributed by atoms with E-state index in [0.717, 1.165) is 81.3 Å². The van der Waals surface area contributed by atoms with Gasteiger partial charge in [-0.1, -0.05) is 17.7 Å². The SMILES string of the molecule is CN1C(=O)[C@H]2CCCCN2c2ccc(C(=O)NCCCN3CCN(c4cccc(Cl)c4)CC3)cc21. The number of likely N-dealkylation sites (N-methyl/N-ethyl adjacent to an activating group) is 1. The summed E-state index contributed by atoms with van der Waals surface area (Å²) in [7, 11) is 1.82. The van der Waals surface area contributed by atoms with E-state index in [1.54, 1.807) is 4.90 Å². The molecule has 3 aliphatic rings. The molecule has 0 unspecified atom stereocenters. The number of anilines is 3. The highest BCUT2D eigenvalue weighted by atomic mass is 35.5. The van der Waals surface area contributed by atoms with Crippen molar-refractivity contribution in [3.05, 3.63) is 53.1 Å². The largest absolute Gasteiger partial charge is 0.369 e. The molecule has 0 bridgehead atoms. The quantitative estimate of drug-likeness (QED) is 0.620. The molecule has 1 atom stereocenters. The Bertz CT molecular complexity index is 1080. The molecule has 8 heteroatoms. The third kappa shape index (κ3) is 5.11. The molecule has 5 rings (SSSR count). The molecular formula is C27H34ClN5O2. The Morgan fingerprint density at radius 2 is 1.86 bits per heavy atom. The van der Waals surface area contributed by atoms with Crippen LogP contribution in [-0.4, -0.2) is 75.6 Å². The lowest BCUT2D eigenvalue weighted by molar-refractivity contribution is -0.120. The Morgan fingerprint density at radius 3 is 2.66 bits per heavy atom. The third-order valence-electron chi connectivity index (χ3n) is 7.51. The summed E-state index contributed by atoms with van der Waals surface area (Å²) < 4.78 is 0. The minimum atomic E-state index is -0.0832. The second-order valence-electron chi connectivity index (χ2n) is 9.72. The van der Waals surface area contributed by atoms with Gasteiger partial charge in [0, 0.05) is 62.6 Å². The molecule has 2 aromatic rings. The van der Waals surface area contributed by atoms with Gasteiger partial charge >= 0.3 is 0 Å². The lowest BCUT2D eigenvalue weighted by atomic mass is 9.96. The summed E-state index contributed by atoms with van der Waals surface area (Å²) in [5.41, 5.74) is 3.68. The van der Waals surface area contributed by atoms with Crippen LogP contribution in [0.5, 0.6) is 0 Å². The van der Waals surface area contributed by atoms with Gasteiger partial charge in [0.15, 0.2) is 0 Å². The summed E-state index contributed by atoms with van der Waals surface area (Å²) in [6, 6.07) is 13.7. The second-order valence-corrected chi connectivity index (χ2v) is 10.2. The van der Waals surface area contributed by atoms with Crippen LogP contribution >= 0.6 is 11.6 Å². The van der Waals surface area contributed by atoms with E-state index in [9.17, 15) is 9.59 Å². The van der Waals surface area contributed by atoms with E-state index in [1.807, 2.05) is 43.4 Å². The van der Waals surface area contributed by atoms with E-state index in [2.05, 4.69) is 26.1 Å². The molecule has 0 saturated carbocycles. The summed E-state index contributed by atoms with van der Waals surface area (Å²) in [6.07, 6.45) is 4.00. The number of halogens is 1. The van der Waals surface area contributed by atoms with Crippen LogP contribution in [-0.2, 0) is 4.79 Å². The number of rotatable bonds is 6. The molecule has 3 heterocycles. The highest BCUT2D eigenvalue weighted by Crippen LogP contribution is 2.39. The van der Waals surface area contributed by atoms with Crippen molar-refractivity contribution in [2.24, 2.45) is 0 Å². The molecule has 3 aliphatic heterocycles. The maximum Gasteiger partial charge on any atom is 0.251 e. The molecule has 0 spiro atoms. The Balaban J connectivity index is 1.10. The average molecular weight is 496 g/mol. The molecule has 0 aromatic heterocycles. The molecule has 0 radical (unpaired) electrons. The standard InChI is InChI=1S/C27H34ClN5O2/c1-30-25-18-20(9-10-23(25)33-13-3-2-8-24(33)27(30)35)26(34)29-11-5-12-31-14-16-32(17-15-31)22-7-4-6-21(28)19-22/h4,6-7,9-10,18-19,24H,2-3,5,8,11-17H2,1H3,(H,29,34)/t24-/m1/s1. The zero-order valence-corrected chi connectivity index (χ0v) is 21.1. The van der Waals surface area contributed by atoms with E-state index < -0.39 is 0 Å². The first-order valence-electron chi connectivity index (χ1n) is 12.7. The number of carbonyl (C=O) groups is 2. The molecule has 7 nitrogen and oxygen atoms in total. The molecule has 35 heavy (non-hydrogen) atoms. The molecule has 2 amide bonds. The Morgan fingerprint density at radius 1 is 1.03 bits per heavy atom. The molecule has 0 aliphatic carbocycles. The summed E-state index contributed by atoms with van der Waals surface area (Å²) >= 11 is 6.13. The smallest absolute Gasteiger partial charge is 0.251 e. The number of piperidine rings is 1. The lowest BCUT2D eigenvalue weighted by Crippen LogP contribution is -2.54. The van der Waals surface area contributed by atoms with Gasteiger partial charge in [-0.2, -0.15) is 0 Å². The third-order valence-corrected chi connectivity index (χ3v) is 7.74. The summed E-state index contributed by atoms with van der Waals surface area (Å²) in [6.45, 7) is 6.45. The van der Waals surface area contributed by atoms with Crippen molar-refractivity contribution >= 4 is 40.5 Å². The average Bonchev–Trinajstić information content (AvgIpc) is 2.89. The fourth-order valence-electron chi connectivity index (χ4n) is 5.50. The summed E-state index contributed by atoms with van der Waals surface area (Å²) in [5.74, 6) is 0.0467. The van der Waals surface area contributed by atoms with Crippen molar-refractivity contribution < 1.29 is 9.59 Å². The Hall–Kier alpha value is -2.77. The minimum absolute atomic E-state index is 0.0618. The van der Waals surface area contributed by atoms with Gasteiger partial charge in [-0.3, -0.25) is 14.5 Å². The van der Waals surface area contributed by atoms with Gasteiger partial charge in [0.2, 0.25) is 5.91 Å². The fourth-order valence-corrected chi connectivity index (χ4v) is 5.69. The highest BCUT2D eigenvalue weighted by molar-refractivity contribution is 6.30. The van der Waals surface area contributed by atoms with Crippen molar-refractivity contribution in [2.75, 3.05) is 67.6 Å². The molecular weight excluding hydrogens is 462 g/mol. The molecule has 1 N–H and O–H groups in total. The van der Waals surface area contributed by atoms with Gasteiger partial charge < -0.3 is 20.0 Å². The van der Waals surface area contributed by atoms with Crippen LogP contribution in [0.25, 0.3) is 0 Å². The van der Waals surface area contributed by atoms with Crippen LogP contribution in [0, 0.1) is 0 Å². The maximum atomic E-state index is 12.9. The first kappa shape index (κ1) is 23.9. The van der Waals surface area contributed by atoms with E-state index >= 15 is 0 Å². The van der Waals surface area contributed by atoms with Gasteiger partial charge in [0.1, 0.15) is 6.04 Å². The van der Waals surface area contributed by atoms with E-state index in [1.165, 1.54) is 5.69 Å². The van der Waals surface area contributed by atoms with Gasteiger partial charge in [0.25, 0.3) is 5.91 Å². The van der Waals surface area contributed by atoms with E-state index in [0.29, 0.717) is 12.1 Å². The topological polar surface area (TPSA) is 59.1 Å². The van der Waals surface area contributed by atoms with Crippen molar-refractivity contribution in [2.45, 2.75) is 31.7 Å². The first-order chi connectivity index (χ1) is 17.0. The number of benzene rings is 2. The molecule has 2 fully saturated rings. The van der Waals surface area contributed by atoms with Gasteiger partial charge in [-0.05, 0) is 68.6 Å². The first-order valence-corrected chi connectivity index (χ1v) is 13.1. The number of fused-ring (bicyclic) bond motifs is 3. The summed E-state index contributed by atoms with van der Waals surface area (Å²) in [5, 5.41) is 3.83. The number of hydrogen-bond donors (Lipinski definition) is 1. The second kappa shape index (κ2) is 10.5. The number of hydrogen-bond acceptors (Lipinski definition) is 5. The maximum absolute atomic E-state index is 12.9. The summed E-state index contributed by atoms with van der Waals surface area (Å²) in [4.78, 5) is 34.4. The highest BCUT2D eigenvalue weighted by Gasteiger charge is 2.38. The van der Waals surface area contributed by atoms with E-state index in [4.69, 9.17) is 11.6 Å². The van der Waals surface area contributed by atoms with E-state index in [-0.39, 0.29) is 17.9 Å². The Kier molecular flexibility index (Phi) is 7.16. The van der Waals surface area contributed by atoms with Crippen molar-refractivity contribution in [1.82, 2.24) is 10.2 Å². The minimum Gasteiger partial charge on any atom is -0.369 e. The Labute approximate surface area is 212 Å². The fraction of sp³-hybridized carbons (Fsp3) is 0.481. The van der Waals surface area contributed by atoms with Crippen LogP contribution in [0.1, 0.15) is 36.0 Å². The van der Waals surface area contributed by atoms with Crippen LogP contribution in [0.2, 0.25) is 5.02 Å². The van der Waals surface area contributed by atoms with Gasteiger partial charge in [0.05, 0.1) is 11.4 Å². The molecule has 2 aromatic carbocycles. The van der Waals surface area contributed by atoms with Gasteiger partial charge in [-0.15, -0.1) is 0 Å². The molecule has 2 saturated heterocycles. The van der Waals surface area contributed by atoms with Crippen LogP contribution in [0.15, 0.2) is 42.5 Å². The van der Waals surface area contributed by atoms with Crippen molar-refractivity contribution in [1.29, 1.82) is 0 Å². The van der Waals surface area contributed by atoms with Gasteiger partial charge in [-0.25, -0.2) is 0 Å². The zero-order valence-electron chi connectivity index (χ0n) is 20.4. The van der Waals surface area contributed by atoms with Crippen molar-refractivity contribution in [3.8, 4) is 0 Å². The number of carbonyl (C=O) groups excluding carboxylic acids is 2. The predicted molar refractivity (Wildman–Crippen MR) is 142 cm³/mol. The molecule has 186 valence electrons. The predicted octanol–water partition coefficient (Wildman–Crippen LogP) is 3.62. The lowest BCUT2D eigenvalue weighted by Gasteiger charge is -2.44. The van der Waals surface area contributed by atoms with Crippen LogP contribution in [0.3, 0.4) is 0 Å². The van der Waals surface area contributed by atoms with Crippen LogP contribution < -0.4 is 20.0 Å². The number of nitrogens with one attached hydrogen (secondary N) is 1. The number of piperazine rings is 1. The monoisotopic (exact) mass is 495 g/mol. The number of nitrogens with zero attached hydrogens (tertiary/aromatic N) is 4. The number of amides is 2. The normalized spacial score (nSPS) is 20.5. The van der Waals surface area contributed by atoms with Crippen molar-refractivity contribution in [3.63, 3.8) is 0 Å². The zero-order chi connectivity index (χ0) is 24.4. The van der Waals surface area contributed by atoms with Crippen LogP contribution in [0.4, 0.5) is 17.1 Å².